The van der Waals surface area contributed by atoms with Crippen molar-refractivity contribution in [1.29, 1.82) is 0 Å². The van der Waals surface area contributed by atoms with Crippen molar-refractivity contribution < 1.29 is 8.42 Å². The molecule has 0 unspecified atom stereocenters. The van der Waals surface area contributed by atoms with Crippen molar-refractivity contribution in [1.82, 2.24) is 4.98 Å². The van der Waals surface area contributed by atoms with Gasteiger partial charge in [0.1, 0.15) is 4.90 Å². The van der Waals surface area contributed by atoms with Crippen LogP contribution in [-0.4, -0.2) is 13.4 Å². The van der Waals surface area contributed by atoms with E-state index < -0.39 is 10.0 Å². The van der Waals surface area contributed by atoms with E-state index >= 15 is 0 Å². The molecular formula is C11H9Br2N3O2S. The number of nitrogens with zero attached hydrogens (tertiary/aromatic N) is 1. The molecule has 0 amide bonds. The van der Waals surface area contributed by atoms with E-state index in [0.717, 1.165) is 0 Å². The zero-order valence-electron chi connectivity index (χ0n) is 9.47. The number of benzene rings is 1. The maximum Gasteiger partial charge on any atom is 0.264 e. The zero-order valence-corrected chi connectivity index (χ0v) is 13.5. The average Bonchev–Trinajstić information content (AvgIpc) is 2.33. The molecule has 0 saturated heterocycles. The van der Waals surface area contributed by atoms with Crippen LogP contribution in [0.25, 0.3) is 0 Å². The van der Waals surface area contributed by atoms with Crippen LogP contribution in [0.2, 0.25) is 0 Å². The number of rotatable bonds is 3. The van der Waals surface area contributed by atoms with Crippen molar-refractivity contribution >= 4 is 53.4 Å². The van der Waals surface area contributed by atoms with Crippen LogP contribution in [0, 0.1) is 0 Å². The summed E-state index contributed by atoms with van der Waals surface area (Å²) in [7, 11) is -3.71. The highest BCUT2D eigenvalue weighted by atomic mass is 79.9. The van der Waals surface area contributed by atoms with Crippen LogP contribution >= 0.6 is 31.9 Å². The van der Waals surface area contributed by atoms with Crippen molar-refractivity contribution in [3.63, 3.8) is 0 Å². The minimum Gasteiger partial charge on any atom is -0.397 e. The summed E-state index contributed by atoms with van der Waals surface area (Å²) < 4.78 is 27.8. The molecule has 0 bridgehead atoms. The summed E-state index contributed by atoms with van der Waals surface area (Å²) in [5, 5.41) is 0. The second kappa shape index (κ2) is 5.48. The minimum atomic E-state index is -3.71. The maximum absolute atomic E-state index is 12.2. The normalized spacial score (nSPS) is 11.3. The molecule has 0 saturated carbocycles. The third-order valence-electron chi connectivity index (χ3n) is 2.22. The van der Waals surface area contributed by atoms with Crippen LogP contribution in [-0.2, 0) is 10.0 Å². The summed E-state index contributed by atoms with van der Waals surface area (Å²) in [6, 6.07) is 8.10. The molecule has 1 aromatic carbocycles. The topological polar surface area (TPSA) is 85.1 Å². The van der Waals surface area contributed by atoms with Crippen molar-refractivity contribution in [3.8, 4) is 0 Å². The zero-order chi connectivity index (χ0) is 14.0. The number of nitrogen functional groups attached to an aromatic ring is 1. The van der Waals surface area contributed by atoms with Gasteiger partial charge < -0.3 is 5.73 Å². The van der Waals surface area contributed by atoms with Crippen LogP contribution in [0.1, 0.15) is 0 Å². The molecule has 0 atom stereocenters. The predicted molar refractivity (Wildman–Crippen MR) is 81.3 cm³/mol. The van der Waals surface area contributed by atoms with Gasteiger partial charge in [-0.05, 0) is 50.1 Å². The number of aromatic nitrogens is 1. The fourth-order valence-corrected chi connectivity index (χ4v) is 4.00. The van der Waals surface area contributed by atoms with Gasteiger partial charge in [0, 0.05) is 4.47 Å². The number of hydrogen-bond acceptors (Lipinski definition) is 4. The van der Waals surface area contributed by atoms with Gasteiger partial charge in [0.15, 0.2) is 5.82 Å². The van der Waals surface area contributed by atoms with Gasteiger partial charge in [0.2, 0.25) is 0 Å². The summed E-state index contributed by atoms with van der Waals surface area (Å²) >= 11 is 6.41. The van der Waals surface area contributed by atoms with Gasteiger partial charge in [-0.25, -0.2) is 13.4 Å². The van der Waals surface area contributed by atoms with Crippen LogP contribution in [0.4, 0.5) is 11.5 Å². The first-order chi connectivity index (χ1) is 8.90. The molecule has 1 heterocycles. The van der Waals surface area contributed by atoms with Crippen LogP contribution in [0.15, 0.2) is 50.4 Å². The van der Waals surface area contributed by atoms with Crippen molar-refractivity contribution in [2.75, 3.05) is 10.5 Å². The Morgan fingerprint density at radius 3 is 2.47 bits per heavy atom. The summed E-state index contributed by atoms with van der Waals surface area (Å²) in [6.07, 6.45) is 1.38. The first-order valence-electron chi connectivity index (χ1n) is 5.08. The molecule has 8 heteroatoms. The number of hydrogen-bond donors (Lipinski definition) is 2. The number of pyridine rings is 1. The van der Waals surface area contributed by atoms with Crippen LogP contribution in [0.5, 0.6) is 0 Å². The molecule has 0 aliphatic carbocycles. The highest BCUT2D eigenvalue weighted by Crippen LogP contribution is 2.27. The molecule has 19 heavy (non-hydrogen) atoms. The smallest absolute Gasteiger partial charge is 0.264 e. The van der Waals surface area contributed by atoms with Crippen LogP contribution < -0.4 is 10.5 Å². The number of halogens is 2. The van der Waals surface area contributed by atoms with Crippen molar-refractivity contribution in [3.05, 3.63) is 45.5 Å². The number of nitrogens with one attached hydrogen (secondary N) is 1. The van der Waals surface area contributed by atoms with Gasteiger partial charge in [-0.3, -0.25) is 4.72 Å². The molecule has 0 radical (unpaired) electrons. The lowest BCUT2D eigenvalue weighted by atomic mass is 10.4. The van der Waals surface area contributed by atoms with E-state index in [1.807, 2.05) is 0 Å². The average molecular weight is 407 g/mol. The number of anilines is 2. The molecule has 2 rings (SSSR count). The van der Waals surface area contributed by atoms with Crippen molar-refractivity contribution in [2.24, 2.45) is 0 Å². The van der Waals surface area contributed by atoms with E-state index in [0.29, 0.717) is 14.6 Å². The second-order valence-corrected chi connectivity index (χ2v) is 6.99. The fraction of sp³-hybridized carbons (Fsp3) is 0. The molecule has 5 nitrogen and oxygen atoms in total. The monoisotopic (exact) mass is 405 g/mol. The first-order valence-corrected chi connectivity index (χ1v) is 8.15. The molecule has 2 aromatic rings. The Bertz CT molecular complexity index is 720. The fourth-order valence-electron chi connectivity index (χ4n) is 1.37. The lowest BCUT2D eigenvalue weighted by molar-refractivity contribution is 0.600. The Kier molecular flexibility index (Phi) is 4.12. The van der Waals surface area contributed by atoms with Gasteiger partial charge in [0.25, 0.3) is 10.0 Å². The van der Waals surface area contributed by atoms with Gasteiger partial charge >= 0.3 is 0 Å². The van der Waals surface area contributed by atoms with Gasteiger partial charge in [-0.1, -0.05) is 12.1 Å². The molecule has 100 valence electrons. The molecule has 0 aliphatic rings. The third-order valence-corrected chi connectivity index (χ3v) is 5.18. The Morgan fingerprint density at radius 1 is 1.16 bits per heavy atom. The molecule has 0 fully saturated rings. The Balaban J connectivity index is 2.40. The Labute approximate surface area is 127 Å². The number of sulfonamides is 1. The predicted octanol–water partition coefficient (Wildman–Crippen LogP) is 2.99. The van der Waals surface area contributed by atoms with E-state index in [1.54, 1.807) is 24.3 Å². The van der Waals surface area contributed by atoms with Crippen molar-refractivity contribution in [2.45, 2.75) is 4.90 Å². The highest BCUT2D eigenvalue weighted by Gasteiger charge is 2.19. The SMILES string of the molecule is Nc1cnc(NS(=O)(=O)c2ccccc2Br)c(Br)c1. The Hall–Kier alpha value is -1.12. The lowest BCUT2D eigenvalue weighted by Gasteiger charge is -2.10. The van der Waals surface area contributed by atoms with E-state index in [2.05, 4.69) is 41.6 Å². The lowest BCUT2D eigenvalue weighted by Crippen LogP contribution is -2.15. The molecule has 1 aromatic heterocycles. The molecule has 0 aliphatic heterocycles. The molecular weight excluding hydrogens is 398 g/mol. The van der Waals surface area contributed by atoms with Gasteiger partial charge in [0.05, 0.1) is 16.4 Å². The number of nitrogens with two attached hydrogens (primary N) is 1. The van der Waals surface area contributed by atoms with Crippen LogP contribution in [0.3, 0.4) is 0 Å². The molecule has 3 N–H and O–H groups in total. The second-order valence-electron chi connectivity index (χ2n) is 3.64. The van der Waals surface area contributed by atoms with Gasteiger partial charge in [-0.2, -0.15) is 0 Å². The summed E-state index contributed by atoms with van der Waals surface area (Å²) in [5.74, 6) is 0.185. The van der Waals surface area contributed by atoms with Gasteiger partial charge in [-0.15, -0.1) is 0 Å². The summed E-state index contributed by atoms with van der Waals surface area (Å²) in [4.78, 5) is 4.08. The van der Waals surface area contributed by atoms with E-state index in [9.17, 15) is 8.42 Å². The quantitative estimate of drug-likeness (QED) is 0.820. The first kappa shape index (κ1) is 14.3. The van der Waals surface area contributed by atoms with E-state index in [-0.39, 0.29) is 10.7 Å². The Morgan fingerprint density at radius 2 is 1.84 bits per heavy atom. The van der Waals surface area contributed by atoms with E-state index in [4.69, 9.17) is 5.73 Å². The largest absolute Gasteiger partial charge is 0.397 e. The minimum absolute atomic E-state index is 0.139. The molecule has 0 spiro atoms. The van der Waals surface area contributed by atoms with E-state index in [1.165, 1.54) is 12.3 Å². The third kappa shape index (κ3) is 3.26. The summed E-state index contributed by atoms with van der Waals surface area (Å²) in [6.45, 7) is 0. The highest BCUT2D eigenvalue weighted by molar-refractivity contribution is 9.11. The maximum atomic E-state index is 12.2. The standard InChI is InChI=1S/C11H9Br2N3O2S/c12-8-3-1-2-4-10(8)19(17,18)16-11-9(13)5-7(14)6-15-11/h1-6H,14H2,(H,15,16). The summed E-state index contributed by atoms with van der Waals surface area (Å²) in [5.41, 5.74) is 5.99.